The Bertz CT molecular complexity index is 386. The van der Waals surface area contributed by atoms with Gasteiger partial charge < -0.3 is 10.2 Å². The second kappa shape index (κ2) is 3.81. The zero-order chi connectivity index (χ0) is 11.0. The van der Waals surface area contributed by atoms with E-state index in [-0.39, 0.29) is 5.82 Å². The van der Waals surface area contributed by atoms with E-state index in [0.29, 0.717) is 0 Å². The van der Waals surface area contributed by atoms with Crippen LogP contribution in [0.5, 0.6) is 0 Å². The maximum atomic E-state index is 13.9. The van der Waals surface area contributed by atoms with Gasteiger partial charge in [0.2, 0.25) is 0 Å². The Hall–Kier alpha value is -1.09. The maximum Gasteiger partial charge on any atom is 0.129 e. The van der Waals surface area contributed by atoms with Crippen molar-refractivity contribution in [2.75, 3.05) is 25.5 Å². The molecule has 82 valence electrons. The van der Waals surface area contributed by atoms with Crippen molar-refractivity contribution in [3.8, 4) is 0 Å². The minimum Gasteiger partial charge on any atom is -0.377 e. The molecule has 0 bridgehead atoms. The van der Waals surface area contributed by atoms with E-state index < -0.39 is 0 Å². The normalized spacial score (nSPS) is 14.9. The molecule has 0 saturated heterocycles. The van der Waals surface area contributed by atoms with Crippen LogP contribution in [-0.4, -0.2) is 20.6 Å². The predicted molar refractivity (Wildman–Crippen MR) is 60.9 cm³/mol. The summed E-state index contributed by atoms with van der Waals surface area (Å²) >= 11 is 0. The highest BCUT2D eigenvalue weighted by molar-refractivity contribution is 5.59. The van der Waals surface area contributed by atoms with Crippen molar-refractivity contribution < 1.29 is 4.39 Å². The molecule has 0 aliphatic carbocycles. The summed E-state index contributed by atoms with van der Waals surface area (Å²) in [6.07, 6.45) is 0.795. The quantitative estimate of drug-likeness (QED) is 0.757. The first-order chi connectivity index (χ1) is 7.11. The number of nitrogens with zero attached hydrogens (tertiary/aromatic N) is 1. The van der Waals surface area contributed by atoms with Crippen molar-refractivity contribution >= 4 is 5.69 Å². The fourth-order valence-electron chi connectivity index (χ4n) is 2.16. The topological polar surface area (TPSA) is 15.3 Å². The maximum absolute atomic E-state index is 13.9. The summed E-state index contributed by atoms with van der Waals surface area (Å²) in [4.78, 5) is 2.05. The largest absolute Gasteiger partial charge is 0.377 e. The van der Waals surface area contributed by atoms with E-state index in [2.05, 4.69) is 10.2 Å². The Morgan fingerprint density at radius 2 is 2.07 bits per heavy atom. The number of rotatable bonds is 1. The molecule has 1 aromatic carbocycles. The second-order valence-corrected chi connectivity index (χ2v) is 4.30. The van der Waals surface area contributed by atoms with Crippen LogP contribution in [0.1, 0.15) is 16.7 Å². The average molecular weight is 208 g/mol. The molecule has 0 atom stereocenters. The molecule has 0 unspecified atom stereocenters. The van der Waals surface area contributed by atoms with Crippen LogP contribution >= 0.6 is 0 Å². The van der Waals surface area contributed by atoms with Crippen molar-refractivity contribution in [2.24, 2.45) is 0 Å². The van der Waals surface area contributed by atoms with Crippen LogP contribution in [0.15, 0.2) is 6.07 Å². The van der Waals surface area contributed by atoms with Gasteiger partial charge in [0, 0.05) is 26.3 Å². The monoisotopic (exact) mass is 208 g/mol. The fourth-order valence-corrected chi connectivity index (χ4v) is 2.16. The number of aryl methyl sites for hydroxylation is 1. The van der Waals surface area contributed by atoms with Crippen LogP contribution in [0.3, 0.4) is 0 Å². The summed E-state index contributed by atoms with van der Waals surface area (Å²) < 4.78 is 13.9. The number of halogens is 1. The van der Waals surface area contributed by atoms with E-state index in [1.807, 2.05) is 27.1 Å². The molecule has 1 N–H and O–H groups in total. The van der Waals surface area contributed by atoms with E-state index in [1.165, 1.54) is 0 Å². The summed E-state index contributed by atoms with van der Waals surface area (Å²) in [5, 5.41) is 3.29. The second-order valence-electron chi connectivity index (χ2n) is 4.30. The molecule has 15 heavy (non-hydrogen) atoms. The van der Waals surface area contributed by atoms with Crippen LogP contribution < -0.4 is 10.2 Å². The number of nitrogens with one attached hydrogen (secondary N) is 1. The Morgan fingerprint density at radius 1 is 1.33 bits per heavy atom. The lowest BCUT2D eigenvalue weighted by atomic mass is 9.95. The Labute approximate surface area is 90.1 Å². The molecule has 3 heteroatoms. The van der Waals surface area contributed by atoms with Crippen LogP contribution in [0.25, 0.3) is 0 Å². The van der Waals surface area contributed by atoms with E-state index in [1.54, 1.807) is 0 Å². The third-order valence-corrected chi connectivity index (χ3v) is 2.97. The molecule has 0 fully saturated rings. The highest BCUT2D eigenvalue weighted by Crippen LogP contribution is 2.29. The SMILES string of the molecule is Cc1cc(N(C)C)c2c(c1F)CCNC2. The van der Waals surface area contributed by atoms with Crippen molar-refractivity contribution in [3.05, 3.63) is 28.6 Å². The predicted octanol–water partition coefficient (Wildman–Crippen LogP) is 1.85. The third kappa shape index (κ3) is 1.72. The van der Waals surface area contributed by atoms with E-state index >= 15 is 0 Å². The molecule has 0 saturated carbocycles. The molecule has 1 heterocycles. The fraction of sp³-hybridized carbons (Fsp3) is 0.500. The molecule has 0 amide bonds. The number of hydrogen-bond donors (Lipinski definition) is 1. The molecular formula is C12H17FN2. The van der Waals surface area contributed by atoms with E-state index in [0.717, 1.165) is 41.9 Å². The Morgan fingerprint density at radius 3 is 2.73 bits per heavy atom. The lowest BCUT2D eigenvalue weighted by Gasteiger charge is -2.25. The number of benzene rings is 1. The van der Waals surface area contributed by atoms with Crippen LogP contribution in [0.4, 0.5) is 10.1 Å². The van der Waals surface area contributed by atoms with Gasteiger partial charge in [0.15, 0.2) is 0 Å². The van der Waals surface area contributed by atoms with Gasteiger partial charge >= 0.3 is 0 Å². The Balaban J connectivity index is 2.62. The van der Waals surface area contributed by atoms with Crippen LogP contribution in [-0.2, 0) is 13.0 Å². The average Bonchev–Trinajstić information content (AvgIpc) is 2.23. The van der Waals surface area contributed by atoms with Gasteiger partial charge in [-0.3, -0.25) is 0 Å². The minimum atomic E-state index is -0.0166. The number of hydrogen-bond acceptors (Lipinski definition) is 2. The van der Waals surface area contributed by atoms with Gasteiger partial charge in [0.05, 0.1) is 0 Å². The molecule has 0 aromatic heterocycles. The zero-order valence-electron chi connectivity index (χ0n) is 9.52. The highest BCUT2D eigenvalue weighted by atomic mass is 19.1. The van der Waals surface area contributed by atoms with Gasteiger partial charge in [-0.15, -0.1) is 0 Å². The molecular weight excluding hydrogens is 191 g/mol. The standard InChI is InChI=1S/C12H17FN2/c1-8-6-11(15(2)3)10-7-14-5-4-9(10)12(8)13/h6,14H,4-5,7H2,1-3H3. The van der Waals surface area contributed by atoms with Crippen molar-refractivity contribution in [2.45, 2.75) is 19.9 Å². The molecule has 0 spiro atoms. The van der Waals surface area contributed by atoms with Crippen molar-refractivity contribution in [1.82, 2.24) is 5.32 Å². The molecule has 1 aliphatic heterocycles. The van der Waals surface area contributed by atoms with Crippen LogP contribution in [0, 0.1) is 12.7 Å². The van der Waals surface area contributed by atoms with Gasteiger partial charge in [0.1, 0.15) is 5.82 Å². The van der Waals surface area contributed by atoms with Gasteiger partial charge in [-0.05, 0) is 42.6 Å². The van der Waals surface area contributed by atoms with Gasteiger partial charge in [-0.2, -0.15) is 0 Å². The Kier molecular flexibility index (Phi) is 2.65. The lowest BCUT2D eigenvalue weighted by molar-refractivity contribution is 0.563. The summed E-state index contributed by atoms with van der Waals surface area (Å²) in [6, 6.07) is 1.93. The highest BCUT2D eigenvalue weighted by Gasteiger charge is 2.19. The first kappa shape index (κ1) is 10.4. The van der Waals surface area contributed by atoms with Crippen LogP contribution in [0.2, 0.25) is 0 Å². The lowest BCUT2D eigenvalue weighted by Crippen LogP contribution is -2.27. The summed E-state index contributed by atoms with van der Waals surface area (Å²) in [5.41, 5.74) is 3.90. The van der Waals surface area contributed by atoms with E-state index in [9.17, 15) is 4.39 Å². The summed E-state index contributed by atoms with van der Waals surface area (Å²) in [5.74, 6) is -0.0166. The van der Waals surface area contributed by atoms with Gasteiger partial charge in [-0.25, -0.2) is 4.39 Å². The zero-order valence-corrected chi connectivity index (χ0v) is 9.52. The van der Waals surface area contributed by atoms with Crippen molar-refractivity contribution in [3.63, 3.8) is 0 Å². The molecule has 2 nitrogen and oxygen atoms in total. The summed E-state index contributed by atoms with van der Waals surface area (Å²) in [7, 11) is 4.00. The molecule has 0 radical (unpaired) electrons. The van der Waals surface area contributed by atoms with Gasteiger partial charge in [0.25, 0.3) is 0 Å². The third-order valence-electron chi connectivity index (χ3n) is 2.97. The summed E-state index contributed by atoms with van der Waals surface area (Å²) in [6.45, 7) is 3.49. The smallest absolute Gasteiger partial charge is 0.129 e. The first-order valence-electron chi connectivity index (χ1n) is 5.30. The molecule has 1 aliphatic rings. The minimum absolute atomic E-state index is 0.0166. The number of fused-ring (bicyclic) bond motifs is 1. The molecule has 2 rings (SSSR count). The van der Waals surface area contributed by atoms with Crippen molar-refractivity contribution in [1.29, 1.82) is 0 Å². The molecule has 1 aromatic rings. The van der Waals surface area contributed by atoms with E-state index in [4.69, 9.17) is 0 Å². The van der Waals surface area contributed by atoms with Gasteiger partial charge in [-0.1, -0.05) is 0 Å². The number of anilines is 1. The first-order valence-corrected chi connectivity index (χ1v) is 5.30.